The number of amides is 2. The summed E-state index contributed by atoms with van der Waals surface area (Å²) in [5, 5.41) is 0. The maximum absolute atomic E-state index is 12.9. The van der Waals surface area contributed by atoms with E-state index in [4.69, 9.17) is 4.42 Å². The summed E-state index contributed by atoms with van der Waals surface area (Å²) in [5.41, 5.74) is 1.21. The SMILES string of the molecule is Cc1occc1C(=O)N(CC(=O)N1CCCCC1)c1ccccc1. The van der Waals surface area contributed by atoms with Crippen molar-refractivity contribution in [2.45, 2.75) is 26.2 Å². The van der Waals surface area contributed by atoms with Crippen LogP contribution in [-0.2, 0) is 4.79 Å². The molecule has 1 aromatic heterocycles. The van der Waals surface area contributed by atoms with Crippen molar-refractivity contribution >= 4 is 17.5 Å². The molecule has 3 rings (SSSR count). The molecule has 2 aromatic rings. The van der Waals surface area contributed by atoms with Crippen LogP contribution in [0.25, 0.3) is 0 Å². The molecule has 0 unspecified atom stereocenters. The molecule has 1 aromatic carbocycles. The van der Waals surface area contributed by atoms with E-state index in [9.17, 15) is 9.59 Å². The fourth-order valence-electron chi connectivity index (χ4n) is 3.02. The lowest BCUT2D eigenvalue weighted by Gasteiger charge is -2.30. The summed E-state index contributed by atoms with van der Waals surface area (Å²) in [4.78, 5) is 29.0. The highest BCUT2D eigenvalue weighted by Crippen LogP contribution is 2.20. The number of furan rings is 1. The van der Waals surface area contributed by atoms with E-state index >= 15 is 0 Å². The number of hydrogen-bond donors (Lipinski definition) is 0. The number of anilines is 1. The maximum Gasteiger partial charge on any atom is 0.262 e. The van der Waals surface area contributed by atoms with Gasteiger partial charge in [-0.05, 0) is 44.4 Å². The number of para-hydroxylation sites is 1. The second-order valence-corrected chi connectivity index (χ2v) is 6.06. The number of aryl methyl sites for hydroxylation is 1. The number of rotatable bonds is 4. The third kappa shape index (κ3) is 3.50. The summed E-state index contributed by atoms with van der Waals surface area (Å²) in [6, 6.07) is 11.0. The van der Waals surface area contributed by atoms with Crippen LogP contribution in [0.3, 0.4) is 0 Å². The van der Waals surface area contributed by atoms with Gasteiger partial charge in [-0.3, -0.25) is 14.5 Å². The zero-order valence-electron chi connectivity index (χ0n) is 13.9. The van der Waals surface area contributed by atoms with Crippen LogP contribution in [0.5, 0.6) is 0 Å². The fourth-order valence-corrected chi connectivity index (χ4v) is 3.02. The quantitative estimate of drug-likeness (QED) is 0.866. The number of benzene rings is 1. The standard InChI is InChI=1S/C19H22N2O3/c1-15-17(10-13-24-15)19(23)21(16-8-4-2-5-9-16)14-18(22)20-11-6-3-7-12-20/h2,4-5,8-10,13H,3,6-7,11-12,14H2,1H3. The molecule has 0 saturated carbocycles. The highest BCUT2D eigenvalue weighted by molar-refractivity contribution is 6.09. The van der Waals surface area contributed by atoms with E-state index < -0.39 is 0 Å². The third-order valence-corrected chi connectivity index (χ3v) is 4.40. The highest BCUT2D eigenvalue weighted by Gasteiger charge is 2.26. The summed E-state index contributed by atoms with van der Waals surface area (Å²) in [7, 11) is 0. The predicted octanol–water partition coefficient (Wildman–Crippen LogP) is 3.25. The van der Waals surface area contributed by atoms with E-state index in [-0.39, 0.29) is 18.4 Å². The number of carbonyl (C=O) groups excluding carboxylic acids is 2. The molecule has 2 amide bonds. The van der Waals surface area contributed by atoms with Gasteiger partial charge in [0, 0.05) is 18.8 Å². The van der Waals surface area contributed by atoms with E-state index in [1.807, 2.05) is 35.2 Å². The summed E-state index contributed by atoms with van der Waals surface area (Å²) < 4.78 is 5.25. The Hall–Kier alpha value is -2.56. The van der Waals surface area contributed by atoms with Crippen molar-refractivity contribution < 1.29 is 14.0 Å². The van der Waals surface area contributed by atoms with Crippen LogP contribution in [0, 0.1) is 6.92 Å². The Kier molecular flexibility index (Phi) is 4.99. The molecule has 5 nitrogen and oxygen atoms in total. The first-order valence-corrected chi connectivity index (χ1v) is 8.35. The van der Waals surface area contributed by atoms with Crippen LogP contribution in [0.1, 0.15) is 35.4 Å². The smallest absolute Gasteiger partial charge is 0.262 e. The molecular weight excluding hydrogens is 304 g/mol. The molecule has 1 fully saturated rings. The van der Waals surface area contributed by atoms with Crippen molar-refractivity contribution in [3.8, 4) is 0 Å². The van der Waals surface area contributed by atoms with Gasteiger partial charge < -0.3 is 9.32 Å². The Labute approximate surface area is 141 Å². The van der Waals surface area contributed by atoms with Crippen molar-refractivity contribution in [1.82, 2.24) is 4.90 Å². The monoisotopic (exact) mass is 326 g/mol. The third-order valence-electron chi connectivity index (χ3n) is 4.40. The fraction of sp³-hybridized carbons (Fsp3) is 0.368. The van der Waals surface area contributed by atoms with Crippen LogP contribution >= 0.6 is 0 Å². The predicted molar refractivity (Wildman–Crippen MR) is 92.0 cm³/mol. The lowest BCUT2D eigenvalue weighted by Crippen LogP contribution is -2.45. The number of hydrogen-bond acceptors (Lipinski definition) is 3. The van der Waals surface area contributed by atoms with E-state index in [0.717, 1.165) is 25.9 Å². The van der Waals surface area contributed by atoms with Crippen LogP contribution in [0.2, 0.25) is 0 Å². The van der Waals surface area contributed by atoms with Crippen molar-refractivity contribution in [1.29, 1.82) is 0 Å². The molecule has 126 valence electrons. The van der Waals surface area contributed by atoms with E-state index in [0.29, 0.717) is 17.0 Å². The number of nitrogens with zero attached hydrogens (tertiary/aromatic N) is 2. The van der Waals surface area contributed by atoms with Crippen molar-refractivity contribution in [2.75, 3.05) is 24.5 Å². The molecule has 0 aliphatic carbocycles. The molecule has 0 atom stereocenters. The zero-order valence-corrected chi connectivity index (χ0v) is 13.9. The van der Waals surface area contributed by atoms with Crippen LogP contribution in [-0.4, -0.2) is 36.3 Å². The van der Waals surface area contributed by atoms with E-state index in [2.05, 4.69) is 0 Å². The molecule has 0 bridgehead atoms. The summed E-state index contributed by atoms with van der Waals surface area (Å²) >= 11 is 0. The van der Waals surface area contributed by atoms with Crippen LogP contribution < -0.4 is 4.90 Å². The minimum absolute atomic E-state index is 0.00643. The lowest BCUT2D eigenvalue weighted by atomic mass is 10.1. The molecule has 1 aliphatic rings. The molecular formula is C19H22N2O3. The van der Waals surface area contributed by atoms with Gasteiger partial charge in [0.1, 0.15) is 12.3 Å². The van der Waals surface area contributed by atoms with E-state index in [1.54, 1.807) is 13.0 Å². The van der Waals surface area contributed by atoms with E-state index in [1.165, 1.54) is 17.6 Å². The number of likely N-dealkylation sites (tertiary alicyclic amines) is 1. The molecule has 1 saturated heterocycles. The topological polar surface area (TPSA) is 53.8 Å². The van der Waals surface area contributed by atoms with Crippen LogP contribution in [0.4, 0.5) is 5.69 Å². The Morgan fingerprint density at radius 2 is 1.79 bits per heavy atom. The molecule has 0 radical (unpaired) electrons. The highest BCUT2D eigenvalue weighted by atomic mass is 16.3. The first-order chi connectivity index (χ1) is 11.7. The lowest BCUT2D eigenvalue weighted by molar-refractivity contribution is -0.130. The molecule has 24 heavy (non-hydrogen) atoms. The summed E-state index contributed by atoms with van der Waals surface area (Å²) in [6.07, 6.45) is 4.73. The summed E-state index contributed by atoms with van der Waals surface area (Å²) in [5.74, 6) is 0.345. The minimum atomic E-state index is -0.210. The van der Waals surface area contributed by atoms with Gasteiger partial charge in [-0.15, -0.1) is 0 Å². The average Bonchev–Trinajstić information content (AvgIpc) is 3.06. The first kappa shape index (κ1) is 16.3. The molecule has 0 spiro atoms. The van der Waals surface area contributed by atoms with Crippen molar-refractivity contribution in [2.24, 2.45) is 0 Å². The van der Waals surface area contributed by atoms with Crippen LogP contribution in [0.15, 0.2) is 47.1 Å². The Morgan fingerprint density at radius 1 is 1.08 bits per heavy atom. The van der Waals surface area contributed by atoms with Gasteiger partial charge in [-0.2, -0.15) is 0 Å². The summed E-state index contributed by atoms with van der Waals surface area (Å²) in [6.45, 7) is 3.36. The van der Waals surface area contributed by atoms with Gasteiger partial charge in [0.25, 0.3) is 5.91 Å². The van der Waals surface area contributed by atoms with Gasteiger partial charge in [-0.1, -0.05) is 18.2 Å². The van der Waals surface area contributed by atoms with Crippen molar-refractivity contribution in [3.05, 3.63) is 54.0 Å². The largest absolute Gasteiger partial charge is 0.469 e. The van der Waals surface area contributed by atoms with Gasteiger partial charge in [-0.25, -0.2) is 0 Å². The minimum Gasteiger partial charge on any atom is -0.469 e. The Bertz CT molecular complexity index is 702. The molecule has 1 aliphatic heterocycles. The Balaban J connectivity index is 1.84. The second kappa shape index (κ2) is 7.34. The first-order valence-electron chi connectivity index (χ1n) is 8.35. The Morgan fingerprint density at radius 3 is 2.42 bits per heavy atom. The molecule has 2 heterocycles. The van der Waals surface area contributed by atoms with Crippen molar-refractivity contribution in [3.63, 3.8) is 0 Å². The normalized spacial score (nSPS) is 14.5. The maximum atomic E-state index is 12.9. The van der Waals surface area contributed by atoms with Gasteiger partial charge in [0.05, 0.1) is 11.8 Å². The van der Waals surface area contributed by atoms with Gasteiger partial charge in [0.15, 0.2) is 0 Å². The second-order valence-electron chi connectivity index (χ2n) is 6.06. The van der Waals surface area contributed by atoms with Gasteiger partial charge >= 0.3 is 0 Å². The van der Waals surface area contributed by atoms with Gasteiger partial charge in [0.2, 0.25) is 5.91 Å². The molecule has 0 N–H and O–H groups in total. The average molecular weight is 326 g/mol. The zero-order chi connectivity index (χ0) is 16.9. The molecule has 5 heteroatoms. The number of carbonyl (C=O) groups is 2. The number of piperidine rings is 1.